The third-order valence-electron chi connectivity index (χ3n) is 7.60. The minimum atomic E-state index is -0.139. The third-order valence-corrected chi connectivity index (χ3v) is 7.60. The predicted molar refractivity (Wildman–Crippen MR) is 144 cm³/mol. The molecule has 0 bridgehead atoms. The molecule has 4 heterocycles. The molecule has 1 atom stereocenters. The monoisotopic (exact) mass is 509 g/mol. The van der Waals surface area contributed by atoms with Crippen molar-refractivity contribution in [2.75, 3.05) is 18.0 Å². The first-order chi connectivity index (χ1) is 18.7. The summed E-state index contributed by atoms with van der Waals surface area (Å²) in [6, 6.07) is 14.1. The lowest BCUT2D eigenvalue weighted by Gasteiger charge is -2.34. The second kappa shape index (κ2) is 10.7. The van der Waals surface area contributed by atoms with Crippen molar-refractivity contribution < 1.29 is 13.9 Å². The molecule has 2 aromatic carbocycles. The molecular weight excluding hydrogens is 478 g/mol. The maximum Gasteiger partial charge on any atom is 0.251 e. The van der Waals surface area contributed by atoms with Crippen molar-refractivity contribution >= 4 is 11.9 Å². The third kappa shape index (κ3) is 5.11. The molecule has 8 heteroatoms. The van der Waals surface area contributed by atoms with Crippen LogP contribution in [-0.2, 0) is 19.4 Å². The Labute approximate surface area is 222 Å². The van der Waals surface area contributed by atoms with Gasteiger partial charge >= 0.3 is 0 Å². The van der Waals surface area contributed by atoms with Gasteiger partial charge in [-0.15, -0.1) is 0 Å². The van der Waals surface area contributed by atoms with Gasteiger partial charge in [0.1, 0.15) is 18.1 Å². The van der Waals surface area contributed by atoms with Gasteiger partial charge in [0, 0.05) is 37.5 Å². The number of benzene rings is 2. The molecule has 0 aliphatic carbocycles. The number of nitrogens with zero attached hydrogens (tertiary/aromatic N) is 4. The lowest BCUT2D eigenvalue weighted by Crippen LogP contribution is -2.40. The topological polar surface area (TPSA) is 93.4 Å². The van der Waals surface area contributed by atoms with Crippen LogP contribution in [0.15, 0.2) is 71.9 Å². The fourth-order valence-electron chi connectivity index (χ4n) is 5.29. The van der Waals surface area contributed by atoms with Crippen LogP contribution in [0.5, 0.6) is 5.75 Å². The zero-order valence-corrected chi connectivity index (χ0v) is 21.5. The Kier molecular flexibility index (Phi) is 6.77. The van der Waals surface area contributed by atoms with E-state index in [2.05, 4.69) is 50.3 Å². The van der Waals surface area contributed by atoms with Crippen molar-refractivity contribution in [3.05, 3.63) is 89.9 Å². The molecule has 38 heavy (non-hydrogen) atoms. The highest BCUT2D eigenvalue weighted by Crippen LogP contribution is 2.38. The molecule has 1 N–H and O–H groups in total. The number of hydrogen-bond acceptors (Lipinski definition) is 7. The van der Waals surface area contributed by atoms with E-state index in [-0.39, 0.29) is 12.0 Å². The van der Waals surface area contributed by atoms with Crippen molar-refractivity contribution in [2.45, 2.75) is 45.3 Å². The van der Waals surface area contributed by atoms with Crippen molar-refractivity contribution in [1.82, 2.24) is 20.3 Å². The van der Waals surface area contributed by atoms with Gasteiger partial charge in [-0.25, -0.2) is 15.0 Å². The lowest BCUT2D eigenvalue weighted by molar-refractivity contribution is 0.0950. The molecule has 1 unspecified atom stereocenters. The van der Waals surface area contributed by atoms with Crippen LogP contribution in [0.1, 0.15) is 46.9 Å². The van der Waals surface area contributed by atoms with Crippen LogP contribution in [-0.4, -0.2) is 40.1 Å². The SMILES string of the molecule is CCc1cnc(N2CCC(C3Cc4cc(-c5ccc(C(=O)NCc6cocn6)cc5)ccc4O3)CC2)nc1. The number of anilines is 1. The maximum absolute atomic E-state index is 12.5. The molecule has 0 radical (unpaired) electrons. The highest BCUT2D eigenvalue weighted by molar-refractivity contribution is 5.94. The largest absolute Gasteiger partial charge is 0.490 e. The molecule has 1 saturated heterocycles. The van der Waals surface area contributed by atoms with E-state index >= 15 is 0 Å². The molecule has 6 rings (SSSR count). The number of piperidine rings is 1. The highest BCUT2D eigenvalue weighted by Gasteiger charge is 2.33. The number of nitrogens with one attached hydrogen (secondary N) is 1. The summed E-state index contributed by atoms with van der Waals surface area (Å²) in [5, 5.41) is 2.86. The van der Waals surface area contributed by atoms with Crippen molar-refractivity contribution in [1.29, 1.82) is 0 Å². The second-order valence-electron chi connectivity index (χ2n) is 9.99. The van der Waals surface area contributed by atoms with Gasteiger partial charge in [-0.2, -0.15) is 0 Å². The Balaban J connectivity index is 1.05. The van der Waals surface area contributed by atoms with Crippen molar-refractivity contribution in [3.63, 3.8) is 0 Å². The lowest BCUT2D eigenvalue weighted by atomic mass is 9.88. The Morgan fingerprint density at radius 2 is 1.79 bits per heavy atom. The Bertz CT molecular complexity index is 1380. The summed E-state index contributed by atoms with van der Waals surface area (Å²) < 4.78 is 11.3. The first kappa shape index (κ1) is 24.2. The van der Waals surface area contributed by atoms with Gasteiger partial charge in [-0.3, -0.25) is 4.79 Å². The van der Waals surface area contributed by atoms with E-state index in [9.17, 15) is 4.79 Å². The number of hydrogen-bond donors (Lipinski definition) is 1. The van der Waals surface area contributed by atoms with Gasteiger partial charge in [-0.1, -0.05) is 25.1 Å². The first-order valence-corrected chi connectivity index (χ1v) is 13.3. The van der Waals surface area contributed by atoms with Crippen LogP contribution in [0.2, 0.25) is 0 Å². The normalized spacial score (nSPS) is 17.2. The molecular formula is C30H31N5O3. The average molecular weight is 510 g/mol. The summed E-state index contributed by atoms with van der Waals surface area (Å²) in [6.07, 6.45) is 11.0. The van der Waals surface area contributed by atoms with Crippen molar-refractivity contribution in [3.8, 4) is 16.9 Å². The van der Waals surface area contributed by atoms with E-state index < -0.39 is 0 Å². The number of carbonyl (C=O) groups is 1. The van der Waals surface area contributed by atoms with Crippen LogP contribution in [0.3, 0.4) is 0 Å². The van der Waals surface area contributed by atoms with Crippen LogP contribution in [0.25, 0.3) is 11.1 Å². The van der Waals surface area contributed by atoms with Gasteiger partial charge < -0.3 is 19.4 Å². The van der Waals surface area contributed by atoms with E-state index in [0.29, 0.717) is 23.7 Å². The maximum atomic E-state index is 12.5. The number of fused-ring (bicyclic) bond motifs is 1. The number of oxazole rings is 1. The van der Waals surface area contributed by atoms with Gasteiger partial charge in [0.15, 0.2) is 6.39 Å². The summed E-state index contributed by atoms with van der Waals surface area (Å²) in [4.78, 5) is 27.9. The second-order valence-corrected chi connectivity index (χ2v) is 9.99. The average Bonchev–Trinajstić information content (AvgIpc) is 3.66. The van der Waals surface area contributed by atoms with Gasteiger partial charge in [0.25, 0.3) is 5.91 Å². The van der Waals surface area contributed by atoms with E-state index in [1.54, 1.807) is 0 Å². The Hall–Kier alpha value is -4.20. The van der Waals surface area contributed by atoms with Gasteiger partial charge in [0.05, 0.1) is 12.2 Å². The molecule has 1 amide bonds. The number of rotatable bonds is 7. The van der Waals surface area contributed by atoms with E-state index in [4.69, 9.17) is 9.15 Å². The summed E-state index contributed by atoms with van der Waals surface area (Å²) >= 11 is 0. The standard InChI is InChI=1S/C30H31N5O3/c1-2-20-15-32-30(33-16-20)35-11-9-22(10-12-35)28-14-25-13-24(7-8-27(25)38-28)21-3-5-23(6-4-21)29(36)31-17-26-18-37-19-34-26/h3-8,13,15-16,18-19,22,28H,2,9-12,14,17H2,1H3,(H,31,36). The van der Waals surface area contributed by atoms with E-state index in [1.807, 2.05) is 36.7 Å². The highest BCUT2D eigenvalue weighted by atomic mass is 16.5. The molecule has 2 aromatic heterocycles. The Morgan fingerprint density at radius 3 is 2.50 bits per heavy atom. The van der Waals surface area contributed by atoms with Gasteiger partial charge in [0.2, 0.25) is 5.95 Å². The molecule has 4 aromatic rings. The summed E-state index contributed by atoms with van der Waals surface area (Å²) in [5.74, 6) is 2.20. The molecule has 0 spiro atoms. The Morgan fingerprint density at radius 1 is 1.03 bits per heavy atom. The number of carbonyl (C=O) groups excluding carboxylic acids is 1. The quantitative estimate of drug-likeness (QED) is 0.381. The van der Waals surface area contributed by atoms with Gasteiger partial charge in [-0.05, 0) is 71.7 Å². The van der Waals surface area contributed by atoms with Crippen LogP contribution in [0, 0.1) is 5.92 Å². The minimum absolute atomic E-state index is 0.139. The number of amides is 1. The number of ether oxygens (including phenoxy) is 1. The van der Waals surface area contributed by atoms with Crippen LogP contribution < -0.4 is 15.0 Å². The number of aryl methyl sites for hydroxylation is 1. The molecule has 8 nitrogen and oxygen atoms in total. The molecule has 2 aliphatic rings. The smallest absolute Gasteiger partial charge is 0.251 e. The summed E-state index contributed by atoms with van der Waals surface area (Å²) in [5.41, 5.74) is 5.93. The number of aromatic nitrogens is 3. The summed E-state index contributed by atoms with van der Waals surface area (Å²) in [7, 11) is 0. The van der Waals surface area contributed by atoms with Crippen LogP contribution >= 0.6 is 0 Å². The zero-order valence-electron chi connectivity index (χ0n) is 21.5. The van der Waals surface area contributed by atoms with E-state index in [1.165, 1.54) is 23.8 Å². The molecule has 1 fully saturated rings. The fraction of sp³-hybridized carbons (Fsp3) is 0.333. The molecule has 194 valence electrons. The molecule has 0 saturated carbocycles. The van der Waals surface area contributed by atoms with Crippen LogP contribution in [0.4, 0.5) is 5.95 Å². The molecule has 2 aliphatic heterocycles. The first-order valence-electron chi connectivity index (χ1n) is 13.3. The predicted octanol–water partition coefficient (Wildman–Crippen LogP) is 4.84. The fourth-order valence-corrected chi connectivity index (χ4v) is 5.29. The van der Waals surface area contributed by atoms with E-state index in [0.717, 1.165) is 61.6 Å². The summed E-state index contributed by atoms with van der Waals surface area (Å²) in [6.45, 7) is 4.36. The zero-order chi connectivity index (χ0) is 25.9. The minimum Gasteiger partial charge on any atom is -0.490 e. The van der Waals surface area contributed by atoms with Crippen molar-refractivity contribution in [2.24, 2.45) is 5.92 Å².